The van der Waals surface area contributed by atoms with Crippen LogP contribution < -0.4 is 10.1 Å². The number of methoxy groups -OCH3 is 1. The van der Waals surface area contributed by atoms with Crippen molar-refractivity contribution in [3.8, 4) is 5.75 Å². The lowest BCUT2D eigenvalue weighted by Gasteiger charge is -2.15. The molecule has 1 aromatic rings. The van der Waals surface area contributed by atoms with Crippen molar-refractivity contribution in [2.75, 3.05) is 33.8 Å². The van der Waals surface area contributed by atoms with Gasteiger partial charge in [0.1, 0.15) is 5.75 Å². The van der Waals surface area contributed by atoms with E-state index in [0.29, 0.717) is 6.04 Å². The SMILES string of the molecule is CNC1CCN(CCc2ccc(OC)cc2)C1.Cl. The Kier molecular flexibility index (Phi) is 6.47. The standard InChI is InChI=1S/C14H22N2O.ClH/c1-15-13-8-10-16(11-13)9-7-12-3-5-14(17-2)6-4-12;/h3-6,13,15H,7-11H2,1-2H3;1H. The molecule has 0 aromatic heterocycles. The number of hydrogen-bond donors (Lipinski definition) is 1. The van der Waals surface area contributed by atoms with Crippen LogP contribution in [0.4, 0.5) is 0 Å². The zero-order chi connectivity index (χ0) is 12.1. The van der Waals surface area contributed by atoms with Crippen LogP contribution in [0.5, 0.6) is 5.75 Å². The van der Waals surface area contributed by atoms with Gasteiger partial charge in [-0.1, -0.05) is 12.1 Å². The summed E-state index contributed by atoms with van der Waals surface area (Å²) in [5.41, 5.74) is 1.39. The summed E-state index contributed by atoms with van der Waals surface area (Å²) in [7, 11) is 3.76. The van der Waals surface area contributed by atoms with Gasteiger partial charge in [-0.3, -0.25) is 0 Å². The number of rotatable bonds is 5. The number of benzene rings is 1. The molecule has 1 fully saturated rings. The van der Waals surface area contributed by atoms with Crippen molar-refractivity contribution in [1.29, 1.82) is 0 Å². The van der Waals surface area contributed by atoms with Gasteiger partial charge in [-0.25, -0.2) is 0 Å². The Hall–Kier alpha value is -0.770. The van der Waals surface area contributed by atoms with E-state index in [1.807, 2.05) is 12.1 Å². The molecule has 2 rings (SSSR count). The third-order valence-electron chi connectivity index (χ3n) is 3.56. The van der Waals surface area contributed by atoms with E-state index >= 15 is 0 Å². The number of likely N-dealkylation sites (tertiary alicyclic amines) is 1. The molecule has 0 bridgehead atoms. The van der Waals surface area contributed by atoms with Crippen molar-refractivity contribution >= 4 is 12.4 Å². The Morgan fingerprint density at radius 3 is 2.61 bits per heavy atom. The summed E-state index contributed by atoms with van der Waals surface area (Å²) >= 11 is 0. The summed E-state index contributed by atoms with van der Waals surface area (Å²) in [6.07, 6.45) is 2.40. The largest absolute Gasteiger partial charge is 0.497 e. The van der Waals surface area contributed by atoms with E-state index in [0.717, 1.165) is 18.7 Å². The van der Waals surface area contributed by atoms with Gasteiger partial charge in [0.15, 0.2) is 0 Å². The van der Waals surface area contributed by atoms with E-state index in [2.05, 4.69) is 29.4 Å². The normalized spacial score (nSPS) is 19.6. The first-order chi connectivity index (χ1) is 8.31. The molecule has 0 saturated carbocycles. The van der Waals surface area contributed by atoms with E-state index in [1.165, 1.54) is 25.1 Å². The van der Waals surface area contributed by atoms with Crippen LogP contribution in [0.2, 0.25) is 0 Å². The second-order valence-electron chi connectivity index (χ2n) is 4.67. The number of likely N-dealkylation sites (N-methyl/N-ethyl adjacent to an activating group) is 1. The van der Waals surface area contributed by atoms with Crippen LogP contribution in [0.3, 0.4) is 0 Å². The molecule has 1 unspecified atom stereocenters. The minimum Gasteiger partial charge on any atom is -0.497 e. The number of nitrogens with zero attached hydrogens (tertiary/aromatic N) is 1. The minimum atomic E-state index is 0. The molecule has 0 spiro atoms. The molecule has 0 aliphatic carbocycles. The minimum absolute atomic E-state index is 0. The highest BCUT2D eigenvalue weighted by molar-refractivity contribution is 5.85. The van der Waals surface area contributed by atoms with E-state index in [4.69, 9.17) is 4.74 Å². The summed E-state index contributed by atoms with van der Waals surface area (Å²) in [4.78, 5) is 2.53. The summed E-state index contributed by atoms with van der Waals surface area (Å²) < 4.78 is 5.16. The van der Waals surface area contributed by atoms with Gasteiger partial charge in [0.2, 0.25) is 0 Å². The van der Waals surface area contributed by atoms with Crippen LogP contribution in [0.15, 0.2) is 24.3 Å². The van der Waals surface area contributed by atoms with Crippen molar-refractivity contribution in [3.63, 3.8) is 0 Å². The van der Waals surface area contributed by atoms with Crippen molar-refractivity contribution < 1.29 is 4.74 Å². The number of ether oxygens (including phenoxy) is 1. The lowest BCUT2D eigenvalue weighted by Crippen LogP contribution is -2.30. The van der Waals surface area contributed by atoms with Gasteiger partial charge in [-0.15, -0.1) is 12.4 Å². The van der Waals surface area contributed by atoms with E-state index in [1.54, 1.807) is 7.11 Å². The molecule has 1 aliphatic heterocycles. The Labute approximate surface area is 116 Å². The van der Waals surface area contributed by atoms with Crippen LogP contribution in [-0.4, -0.2) is 44.7 Å². The first kappa shape index (κ1) is 15.3. The highest BCUT2D eigenvalue weighted by Crippen LogP contribution is 2.13. The lowest BCUT2D eigenvalue weighted by atomic mass is 10.1. The predicted octanol–water partition coefficient (Wildman–Crippen LogP) is 1.95. The third kappa shape index (κ3) is 4.16. The first-order valence-corrected chi connectivity index (χ1v) is 6.34. The van der Waals surface area contributed by atoms with Gasteiger partial charge in [0.25, 0.3) is 0 Å². The van der Waals surface area contributed by atoms with Crippen molar-refractivity contribution in [2.45, 2.75) is 18.9 Å². The lowest BCUT2D eigenvalue weighted by molar-refractivity contribution is 0.334. The molecule has 1 atom stereocenters. The molecule has 1 aromatic carbocycles. The quantitative estimate of drug-likeness (QED) is 0.885. The van der Waals surface area contributed by atoms with Gasteiger partial charge < -0.3 is 15.0 Å². The molecule has 1 heterocycles. The number of nitrogens with one attached hydrogen (secondary N) is 1. The topological polar surface area (TPSA) is 24.5 Å². The predicted molar refractivity (Wildman–Crippen MR) is 77.9 cm³/mol. The van der Waals surface area contributed by atoms with Crippen molar-refractivity contribution in [3.05, 3.63) is 29.8 Å². The van der Waals surface area contributed by atoms with E-state index in [9.17, 15) is 0 Å². The zero-order valence-electron chi connectivity index (χ0n) is 11.2. The Bertz CT molecular complexity index is 342. The molecule has 1 saturated heterocycles. The molecule has 0 radical (unpaired) electrons. The molecule has 0 amide bonds. The monoisotopic (exact) mass is 270 g/mol. The van der Waals surface area contributed by atoms with E-state index in [-0.39, 0.29) is 12.4 Å². The average Bonchev–Trinajstić information content (AvgIpc) is 2.85. The molecule has 1 aliphatic rings. The average molecular weight is 271 g/mol. The maximum atomic E-state index is 5.16. The van der Waals surface area contributed by atoms with Gasteiger partial charge in [-0.05, 0) is 44.1 Å². The van der Waals surface area contributed by atoms with Gasteiger partial charge in [0.05, 0.1) is 7.11 Å². The van der Waals surface area contributed by atoms with Crippen molar-refractivity contribution in [2.24, 2.45) is 0 Å². The molecule has 1 N–H and O–H groups in total. The summed E-state index contributed by atoms with van der Waals surface area (Å²) in [6.45, 7) is 3.57. The maximum absolute atomic E-state index is 5.16. The van der Waals surface area contributed by atoms with Crippen LogP contribution in [0.1, 0.15) is 12.0 Å². The summed E-state index contributed by atoms with van der Waals surface area (Å²) in [5.74, 6) is 0.935. The number of halogens is 1. The van der Waals surface area contributed by atoms with E-state index < -0.39 is 0 Å². The molecule has 18 heavy (non-hydrogen) atoms. The Morgan fingerprint density at radius 1 is 1.33 bits per heavy atom. The fourth-order valence-corrected chi connectivity index (χ4v) is 2.35. The molecular weight excluding hydrogens is 248 g/mol. The maximum Gasteiger partial charge on any atom is 0.118 e. The fraction of sp³-hybridized carbons (Fsp3) is 0.571. The molecule has 4 heteroatoms. The van der Waals surface area contributed by atoms with Crippen LogP contribution in [0, 0.1) is 0 Å². The highest BCUT2D eigenvalue weighted by atomic mass is 35.5. The first-order valence-electron chi connectivity index (χ1n) is 6.34. The fourth-order valence-electron chi connectivity index (χ4n) is 2.35. The zero-order valence-corrected chi connectivity index (χ0v) is 12.0. The smallest absolute Gasteiger partial charge is 0.118 e. The Morgan fingerprint density at radius 2 is 2.06 bits per heavy atom. The van der Waals surface area contributed by atoms with Gasteiger partial charge in [0, 0.05) is 19.1 Å². The summed E-state index contributed by atoms with van der Waals surface area (Å²) in [6, 6.07) is 9.08. The second kappa shape index (κ2) is 7.62. The van der Waals surface area contributed by atoms with Gasteiger partial charge >= 0.3 is 0 Å². The van der Waals surface area contributed by atoms with Crippen LogP contribution in [-0.2, 0) is 6.42 Å². The van der Waals surface area contributed by atoms with Crippen LogP contribution >= 0.6 is 12.4 Å². The number of hydrogen-bond acceptors (Lipinski definition) is 3. The van der Waals surface area contributed by atoms with Crippen molar-refractivity contribution in [1.82, 2.24) is 10.2 Å². The third-order valence-corrected chi connectivity index (χ3v) is 3.56. The summed E-state index contributed by atoms with van der Waals surface area (Å²) in [5, 5.41) is 3.35. The Balaban J connectivity index is 0.00000162. The van der Waals surface area contributed by atoms with Crippen LogP contribution in [0.25, 0.3) is 0 Å². The molecule has 102 valence electrons. The molecular formula is C14H23ClN2O. The highest BCUT2D eigenvalue weighted by Gasteiger charge is 2.19. The second-order valence-corrected chi connectivity index (χ2v) is 4.67. The van der Waals surface area contributed by atoms with Gasteiger partial charge in [-0.2, -0.15) is 0 Å². The molecule has 3 nitrogen and oxygen atoms in total.